The van der Waals surface area contributed by atoms with E-state index in [1.54, 1.807) is 10.7 Å². The molecule has 2 aromatic rings. The highest BCUT2D eigenvalue weighted by atomic mass is 16.5. The highest BCUT2D eigenvalue weighted by molar-refractivity contribution is 5.82. The molecule has 2 N–H and O–H groups in total. The molecule has 0 fully saturated rings. The molecule has 0 radical (unpaired) electrons. The predicted molar refractivity (Wildman–Crippen MR) is 89.3 cm³/mol. The van der Waals surface area contributed by atoms with E-state index in [0.717, 1.165) is 23.4 Å². The molecule has 7 heteroatoms. The number of nitrogens with one attached hydrogen (secondary N) is 2. The first-order valence-corrected chi connectivity index (χ1v) is 7.78. The summed E-state index contributed by atoms with van der Waals surface area (Å²) < 4.78 is 6.98. The smallest absolute Gasteiger partial charge is 0.276 e. The van der Waals surface area contributed by atoms with Gasteiger partial charge < -0.3 is 4.74 Å². The maximum Gasteiger partial charge on any atom is 0.276 e. The summed E-state index contributed by atoms with van der Waals surface area (Å²) in [7, 11) is 0. The molecule has 1 aromatic heterocycles. The molecule has 2 rings (SSSR count). The third kappa shape index (κ3) is 5.12. The standard InChI is InChI=1S/C17H22N4O3/c1-4-14-6-5-7-15(9-14)24-11-17(23)19-18-16(22)10-21-13(3)8-12(2)20-21/h5-9H,4,10-11H2,1-3H3,(H,18,22)(H,19,23). The second kappa shape index (κ2) is 8.14. The van der Waals surface area contributed by atoms with E-state index in [9.17, 15) is 9.59 Å². The maximum absolute atomic E-state index is 11.8. The fourth-order valence-electron chi connectivity index (χ4n) is 2.19. The van der Waals surface area contributed by atoms with Crippen molar-refractivity contribution in [3.63, 3.8) is 0 Å². The number of hydrogen-bond acceptors (Lipinski definition) is 4. The number of benzene rings is 1. The van der Waals surface area contributed by atoms with Gasteiger partial charge in [0.15, 0.2) is 6.61 Å². The number of hydrogen-bond donors (Lipinski definition) is 2. The van der Waals surface area contributed by atoms with Crippen LogP contribution in [0.2, 0.25) is 0 Å². The number of carbonyl (C=O) groups excluding carboxylic acids is 2. The Morgan fingerprint density at radius 1 is 1.17 bits per heavy atom. The highest BCUT2D eigenvalue weighted by Crippen LogP contribution is 2.13. The normalized spacial score (nSPS) is 10.3. The van der Waals surface area contributed by atoms with Crippen LogP contribution < -0.4 is 15.6 Å². The molecule has 7 nitrogen and oxygen atoms in total. The minimum Gasteiger partial charge on any atom is -0.484 e. The van der Waals surface area contributed by atoms with Crippen LogP contribution in [0.4, 0.5) is 0 Å². The molecule has 24 heavy (non-hydrogen) atoms. The number of rotatable bonds is 6. The number of ether oxygens (including phenoxy) is 1. The minimum absolute atomic E-state index is 0.0410. The summed E-state index contributed by atoms with van der Waals surface area (Å²) in [4.78, 5) is 23.5. The van der Waals surface area contributed by atoms with Crippen molar-refractivity contribution < 1.29 is 14.3 Å². The summed E-state index contributed by atoms with van der Waals surface area (Å²) in [5.41, 5.74) is 7.52. The SMILES string of the molecule is CCc1cccc(OCC(=O)NNC(=O)Cn2nc(C)cc2C)c1. The topological polar surface area (TPSA) is 85.3 Å². The van der Waals surface area contributed by atoms with E-state index < -0.39 is 5.91 Å². The second-order valence-corrected chi connectivity index (χ2v) is 5.47. The van der Waals surface area contributed by atoms with Crippen LogP contribution in [0.15, 0.2) is 30.3 Å². The van der Waals surface area contributed by atoms with Crippen LogP contribution in [0.25, 0.3) is 0 Å². The van der Waals surface area contributed by atoms with Gasteiger partial charge in [0.1, 0.15) is 12.3 Å². The summed E-state index contributed by atoms with van der Waals surface area (Å²) in [5, 5.41) is 4.19. The Balaban J connectivity index is 1.74. The van der Waals surface area contributed by atoms with Crippen LogP contribution in [0.3, 0.4) is 0 Å². The van der Waals surface area contributed by atoms with Crippen LogP contribution in [-0.2, 0) is 22.6 Å². The van der Waals surface area contributed by atoms with Gasteiger partial charge in [-0.15, -0.1) is 0 Å². The van der Waals surface area contributed by atoms with Crippen LogP contribution in [0.1, 0.15) is 23.9 Å². The van der Waals surface area contributed by atoms with Crippen LogP contribution in [-0.4, -0.2) is 28.2 Å². The van der Waals surface area contributed by atoms with E-state index in [1.807, 2.05) is 45.0 Å². The molecule has 0 saturated carbocycles. The van der Waals surface area contributed by atoms with Gasteiger partial charge in [0.25, 0.3) is 11.8 Å². The van der Waals surface area contributed by atoms with Crippen molar-refractivity contribution in [3.05, 3.63) is 47.3 Å². The third-order valence-corrected chi connectivity index (χ3v) is 3.41. The number of aryl methyl sites for hydroxylation is 3. The van der Waals surface area contributed by atoms with Crippen molar-refractivity contribution >= 4 is 11.8 Å². The van der Waals surface area contributed by atoms with Gasteiger partial charge >= 0.3 is 0 Å². The lowest BCUT2D eigenvalue weighted by atomic mass is 10.2. The lowest BCUT2D eigenvalue weighted by Gasteiger charge is -2.10. The zero-order valence-corrected chi connectivity index (χ0v) is 14.1. The van der Waals surface area contributed by atoms with Crippen molar-refractivity contribution in [2.45, 2.75) is 33.7 Å². The first kappa shape index (κ1) is 17.5. The molecular weight excluding hydrogens is 308 g/mol. The highest BCUT2D eigenvalue weighted by Gasteiger charge is 2.09. The molecule has 2 amide bonds. The number of aromatic nitrogens is 2. The molecule has 0 aliphatic carbocycles. The molecule has 0 saturated heterocycles. The Morgan fingerprint density at radius 2 is 1.92 bits per heavy atom. The zero-order chi connectivity index (χ0) is 17.5. The first-order valence-electron chi connectivity index (χ1n) is 7.78. The van der Waals surface area contributed by atoms with Gasteiger partial charge in [-0.3, -0.25) is 25.1 Å². The van der Waals surface area contributed by atoms with E-state index in [2.05, 4.69) is 16.0 Å². The van der Waals surface area contributed by atoms with Crippen LogP contribution >= 0.6 is 0 Å². The van der Waals surface area contributed by atoms with E-state index in [0.29, 0.717) is 5.75 Å². The average Bonchev–Trinajstić information content (AvgIpc) is 2.88. The lowest BCUT2D eigenvalue weighted by molar-refractivity contribution is -0.130. The van der Waals surface area contributed by atoms with Gasteiger partial charge in [-0.2, -0.15) is 5.10 Å². The van der Waals surface area contributed by atoms with Crippen LogP contribution in [0.5, 0.6) is 5.75 Å². The largest absolute Gasteiger partial charge is 0.484 e. The number of amides is 2. The van der Waals surface area contributed by atoms with Gasteiger partial charge in [-0.1, -0.05) is 19.1 Å². The Morgan fingerprint density at radius 3 is 2.58 bits per heavy atom. The summed E-state index contributed by atoms with van der Waals surface area (Å²) >= 11 is 0. The number of hydrazine groups is 1. The van der Waals surface area contributed by atoms with Crippen molar-refractivity contribution in [1.82, 2.24) is 20.6 Å². The molecular formula is C17H22N4O3. The summed E-state index contributed by atoms with van der Waals surface area (Å²) in [5.74, 6) is -0.167. The lowest BCUT2D eigenvalue weighted by Crippen LogP contribution is -2.45. The fourth-order valence-corrected chi connectivity index (χ4v) is 2.19. The molecule has 0 aliphatic rings. The Labute approximate surface area is 141 Å². The van der Waals surface area contributed by atoms with Gasteiger partial charge in [-0.25, -0.2) is 0 Å². The quantitative estimate of drug-likeness (QED) is 0.782. The second-order valence-electron chi connectivity index (χ2n) is 5.47. The Kier molecular flexibility index (Phi) is 5.95. The molecule has 0 unspecified atom stereocenters. The van der Waals surface area contributed by atoms with E-state index >= 15 is 0 Å². The van der Waals surface area contributed by atoms with E-state index in [1.165, 1.54) is 0 Å². The van der Waals surface area contributed by atoms with Gasteiger partial charge in [0, 0.05) is 5.69 Å². The molecule has 1 aromatic carbocycles. The summed E-state index contributed by atoms with van der Waals surface area (Å²) in [6.45, 7) is 5.63. The van der Waals surface area contributed by atoms with Crippen molar-refractivity contribution in [1.29, 1.82) is 0 Å². The third-order valence-electron chi connectivity index (χ3n) is 3.41. The molecule has 128 valence electrons. The number of carbonyl (C=O) groups is 2. The van der Waals surface area contributed by atoms with Crippen molar-refractivity contribution in [3.8, 4) is 5.75 Å². The average molecular weight is 330 g/mol. The molecule has 0 aliphatic heterocycles. The van der Waals surface area contributed by atoms with Gasteiger partial charge in [-0.05, 0) is 44.0 Å². The summed E-state index contributed by atoms with van der Waals surface area (Å²) in [6.07, 6.45) is 0.895. The van der Waals surface area contributed by atoms with E-state index in [-0.39, 0.29) is 19.1 Å². The Bertz CT molecular complexity index is 724. The summed E-state index contributed by atoms with van der Waals surface area (Å²) in [6, 6.07) is 9.42. The fraction of sp³-hybridized carbons (Fsp3) is 0.353. The van der Waals surface area contributed by atoms with Gasteiger partial charge in [0.05, 0.1) is 5.69 Å². The van der Waals surface area contributed by atoms with Crippen molar-refractivity contribution in [2.24, 2.45) is 0 Å². The Hall–Kier alpha value is -2.83. The maximum atomic E-state index is 11.8. The minimum atomic E-state index is -0.432. The molecule has 1 heterocycles. The zero-order valence-electron chi connectivity index (χ0n) is 14.1. The molecule has 0 bridgehead atoms. The molecule has 0 atom stereocenters. The van der Waals surface area contributed by atoms with Gasteiger partial charge in [0.2, 0.25) is 0 Å². The van der Waals surface area contributed by atoms with Crippen molar-refractivity contribution in [2.75, 3.05) is 6.61 Å². The molecule has 0 spiro atoms. The number of nitrogens with zero attached hydrogens (tertiary/aromatic N) is 2. The monoisotopic (exact) mass is 330 g/mol. The van der Waals surface area contributed by atoms with Crippen LogP contribution in [0, 0.1) is 13.8 Å². The first-order chi connectivity index (χ1) is 11.5. The van der Waals surface area contributed by atoms with E-state index in [4.69, 9.17) is 4.74 Å². The predicted octanol–water partition coefficient (Wildman–Crippen LogP) is 1.29.